The number of ether oxygens (including phenoxy) is 4. The number of nitrogens with zero attached hydrogens (tertiary/aromatic N) is 1. The Hall–Kier alpha value is -2.65. The van der Waals surface area contributed by atoms with Gasteiger partial charge < -0.3 is 18.9 Å². The van der Waals surface area contributed by atoms with E-state index in [1.54, 1.807) is 32.4 Å². The Morgan fingerprint density at radius 1 is 1.12 bits per heavy atom. The maximum atomic E-state index is 9.55. The SMILES string of the molecule is COc1ccc(/C(C#N)=C\c2cc3c(cc2Br)OCO3)cc1OC. The second-order valence-corrected chi connectivity index (χ2v) is 5.82. The molecule has 122 valence electrons. The lowest BCUT2D eigenvalue weighted by atomic mass is 10.0. The number of rotatable bonds is 4. The van der Waals surface area contributed by atoms with Gasteiger partial charge in [-0.25, -0.2) is 0 Å². The van der Waals surface area contributed by atoms with Crippen molar-refractivity contribution in [2.75, 3.05) is 21.0 Å². The molecule has 0 saturated heterocycles. The molecule has 3 rings (SSSR count). The summed E-state index contributed by atoms with van der Waals surface area (Å²) in [5, 5.41) is 9.55. The monoisotopic (exact) mass is 387 g/mol. The Balaban J connectivity index is 2.03. The topological polar surface area (TPSA) is 60.7 Å². The van der Waals surface area contributed by atoms with E-state index in [4.69, 9.17) is 18.9 Å². The van der Waals surface area contributed by atoms with Gasteiger partial charge in [0, 0.05) is 4.47 Å². The number of nitriles is 1. The first-order valence-corrected chi connectivity index (χ1v) is 7.89. The van der Waals surface area contributed by atoms with E-state index in [1.807, 2.05) is 18.2 Å². The molecule has 0 spiro atoms. The van der Waals surface area contributed by atoms with E-state index in [0.29, 0.717) is 28.6 Å². The predicted octanol–water partition coefficient (Wildman–Crippen LogP) is 4.26. The van der Waals surface area contributed by atoms with Crippen LogP contribution in [-0.4, -0.2) is 21.0 Å². The van der Waals surface area contributed by atoms with Crippen molar-refractivity contribution in [2.45, 2.75) is 0 Å². The first-order valence-electron chi connectivity index (χ1n) is 7.09. The summed E-state index contributed by atoms with van der Waals surface area (Å²) < 4.78 is 22.1. The quantitative estimate of drug-likeness (QED) is 0.579. The van der Waals surface area contributed by atoms with Crippen LogP contribution in [0.15, 0.2) is 34.8 Å². The van der Waals surface area contributed by atoms with Gasteiger partial charge in [0.05, 0.1) is 25.9 Å². The number of benzene rings is 2. The van der Waals surface area contributed by atoms with Crippen LogP contribution in [-0.2, 0) is 0 Å². The van der Waals surface area contributed by atoms with Crippen LogP contribution < -0.4 is 18.9 Å². The minimum absolute atomic E-state index is 0.204. The fraction of sp³-hybridized carbons (Fsp3) is 0.167. The lowest BCUT2D eigenvalue weighted by Crippen LogP contribution is -1.93. The summed E-state index contributed by atoms with van der Waals surface area (Å²) in [5.74, 6) is 2.53. The summed E-state index contributed by atoms with van der Waals surface area (Å²) in [7, 11) is 3.13. The fourth-order valence-corrected chi connectivity index (χ4v) is 2.82. The van der Waals surface area contributed by atoms with Gasteiger partial charge in [-0.05, 0) is 47.5 Å². The van der Waals surface area contributed by atoms with Gasteiger partial charge >= 0.3 is 0 Å². The predicted molar refractivity (Wildman–Crippen MR) is 93.3 cm³/mol. The maximum Gasteiger partial charge on any atom is 0.231 e. The highest BCUT2D eigenvalue weighted by atomic mass is 79.9. The van der Waals surface area contributed by atoms with Crippen molar-refractivity contribution in [3.05, 3.63) is 45.9 Å². The molecule has 0 fully saturated rings. The molecule has 0 atom stereocenters. The van der Waals surface area contributed by atoms with Crippen LogP contribution in [0.3, 0.4) is 0 Å². The van der Waals surface area contributed by atoms with E-state index in [2.05, 4.69) is 22.0 Å². The first-order chi connectivity index (χ1) is 11.7. The van der Waals surface area contributed by atoms with Crippen LogP contribution in [0.5, 0.6) is 23.0 Å². The average molecular weight is 388 g/mol. The van der Waals surface area contributed by atoms with Gasteiger partial charge in [-0.1, -0.05) is 15.9 Å². The number of hydrogen-bond donors (Lipinski definition) is 0. The number of hydrogen-bond acceptors (Lipinski definition) is 5. The minimum Gasteiger partial charge on any atom is -0.493 e. The molecule has 24 heavy (non-hydrogen) atoms. The second kappa shape index (κ2) is 6.85. The Morgan fingerprint density at radius 2 is 1.83 bits per heavy atom. The van der Waals surface area contributed by atoms with Crippen LogP contribution in [0.4, 0.5) is 0 Å². The van der Waals surface area contributed by atoms with Crippen molar-refractivity contribution in [2.24, 2.45) is 0 Å². The van der Waals surface area contributed by atoms with E-state index in [9.17, 15) is 5.26 Å². The molecular formula is C18H14BrNO4. The highest BCUT2D eigenvalue weighted by Gasteiger charge is 2.16. The molecule has 0 aliphatic carbocycles. The highest BCUT2D eigenvalue weighted by Crippen LogP contribution is 2.38. The van der Waals surface area contributed by atoms with Crippen molar-refractivity contribution in [3.8, 4) is 29.1 Å². The Bertz CT molecular complexity index is 855. The molecule has 1 heterocycles. The Kier molecular flexibility index (Phi) is 4.63. The van der Waals surface area contributed by atoms with Gasteiger partial charge in [0.2, 0.25) is 6.79 Å². The zero-order chi connectivity index (χ0) is 17.1. The summed E-state index contributed by atoms with van der Waals surface area (Å²) >= 11 is 3.50. The highest BCUT2D eigenvalue weighted by molar-refractivity contribution is 9.10. The minimum atomic E-state index is 0.204. The van der Waals surface area contributed by atoms with Gasteiger partial charge in [-0.2, -0.15) is 5.26 Å². The molecular weight excluding hydrogens is 374 g/mol. The van der Waals surface area contributed by atoms with Crippen molar-refractivity contribution in [1.29, 1.82) is 5.26 Å². The van der Waals surface area contributed by atoms with Crippen molar-refractivity contribution in [3.63, 3.8) is 0 Å². The number of allylic oxidation sites excluding steroid dienone is 1. The third kappa shape index (κ3) is 3.03. The Labute approximate surface area is 148 Å². The molecule has 0 N–H and O–H groups in total. The van der Waals surface area contributed by atoms with E-state index >= 15 is 0 Å². The van der Waals surface area contributed by atoms with Crippen molar-refractivity contribution in [1.82, 2.24) is 0 Å². The van der Waals surface area contributed by atoms with Gasteiger partial charge in [-0.3, -0.25) is 0 Å². The number of fused-ring (bicyclic) bond motifs is 1. The van der Waals surface area contributed by atoms with Crippen LogP contribution in [0.2, 0.25) is 0 Å². The van der Waals surface area contributed by atoms with Crippen LogP contribution >= 0.6 is 15.9 Å². The summed E-state index contributed by atoms with van der Waals surface area (Å²) in [4.78, 5) is 0. The first kappa shape index (κ1) is 16.2. The average Bonchev–Trinajstić information content (AvgIpc) is 3.06. The number of methoxy groups -OCH3 is 2. The number of halogens is 1. The third-order valence-electron chi connectivity index (χ3n) is 3.61. The molecule has 2 aromatic rings. The zero-order valence-corrected chi connectivity index (χ0v) is 14.7. The van der Waals surface area contributed by atoms with Crippen molar-refractivity contribution < 1.29 is 18.9 Å². The van der Waals surface area contributed by atoms with Crippen LogP contribution in [0.25, 0.3) is 11.6 Å². The largest absolute Gasteiger partial charge is 0.493 e. The standard InChI is InChI=1S/C18H14BrNO4/c1-21-15-4-3-11(6-16(15)22-2)13(9-20)5-12-7-17-18(8-14(12)19)24-10-23-17/h3-8H,10H2,1-2H3/b13-5-. The summed E-state index contributed by atoms with van der Waals surface area (Å²) in [6, 6.07) is 11.3. The van der Waals surface area contributed by atoms with Gasteiger partial charge in [0.1, 0.15) is 0 Å². The van der Waals surface area contributed by atoms with E-state index in [-0.39, 0.29) is 6.79 Å². The second-order valence-electron chi connectivity index (χ2n) is 4.97. The molecule has 0 aromatic heterocycles. The normalized spacial score (nSPS) is 12.7. The van der Waals surface area contributed by atoms with E-state index in [1.165, 1.54) is 0 Å². The summed E-state index contributed by atoms with van der Waals surface area (Å²) in [5.41, 5.74) is 2.06. The molecule has 0 amide bonds. The smallest absolute Gasteiger partial charge is 0.231 e. The molecule has 1 aliphatic rings. The van der Waals surface area contributed by atoms with E-state index < -0.39 is 0 Å². The fourth-order valence-electron chi connectivity index (χ4n) is 2.38. The lowest BCUT2D eigenvalue weighted by molar-refractivity contribution is 0.174. The van der Waals surface area contributed by atoms with Crippen LogP contribution in [0.1, 0.15) is 11.1 Å². The van der Waals surface area contributed by atoms with E-state index in [0.717, 1.165) is 15.6 Å². The lowest BCUT2D eigenvalue weighted by Gasteiger charge is -2.09. The van der Waals surface area contributed by atoms with Crippen molar-refractivity contribution >= 4 is 27.6 Å². The molecule has 5 nitrogen and oxygen atoms in total. The third-order valence-corrected chi connectivity index (χ3v) is 4.29. The van der Waals surface area contributed by atoms with Gasteiger partial charge in [0.25, 0.3) is 0 Å². The maximum absolute atomic E-state index is 9.55. The van der Waals surface area contributed by atoms with Gasteiger partial charge in [0.15, 0.2) is 23.0 Å². The summed E-state index contributed by atoms with van der Waals surface area (Å²) in [6.45, 7) is 0.204. The zero-order valence-electron chi connectivity index (χ0n) is 13.1. The molecule has 0 radical (unpaired) electrons. The molecule has 0 unspecified atom stereocenters. The summed E-state index contributed by atoms with van der Waals surface area (Å²) in [6.07, 6.45) is 1.79. The molecule has 0 saturated carbocycles. The molecule has 0 bridgehead atoms. The molecule has 2 aromatic carbocycles. The molecule has 1 aliphatic heterocycles. The molecule has 6 heteroatoms. The Morgan fingerprint density at radius 3 is 2.50 bits per heavy atom. The van der Waals surface area contributed by atoms with Crippen LogP contribution in [0, 0.1) is 11.3 Å². The van der Waals surface area contributed by atoms with Gasteiger partial charge in [-0.15, -0.1) is 0 Å².